The summed E-state index contributed by atoms with van der Waals surface area (Å²) in [7, 11) is 0. The van der Waals surface area contributed by atoms with Crippen LogP contribution in [-0.2, 0) is 6.54 Å². The van der Waals surface area contributed by atoms with Crippen molar-refractivity contribution in [1.82, 2.24) is 14.8 Å². The standard InChI is InChI=1S/C22H23N3O3S/c1-3-12-25-21(20-15-27-18-6-4-5-7-19(18)28-20)23-24-22(25)29-14-13-26-17-10-8-16(2)9-11-17/h3-11,20H,1,12-15H2,2H3. The molecule has 0 fully saturated rings. The van der Waals surface area contributed by atoms with E-state index in [2.05, 4.69) is 23.7 Å². The van der Waals surface area contributed by atoms with E-state index in [1.54, 1.807) is 11.8 Å². The maximum Gasteiger partial charge on any atom is 0.192 e. The van der Waals surface area contributed by atoms with Gasteiger partial charge in [-0.05, 0) is 31.2 Å². The molecule has 1 atom stereocenters. The van der Waals surface area contributed by atoms with Gasteiger partial charge in [-0.3, -0.25) is 4.57 Å². The maximum atomic E-state index is 6.09. The van der Waals surface area contributed by atoms with Crippen molar-refractivity contribution in [3.63, 3.8) is 0 Å². The van der Waals surface area contributed by atoms with Crippen LogP contribution in [0.1, 0.15) is 17.5 Å². The Kier molecular flexibility index (Phi) is 6.05. The van der Waals surface area contributed by atoms with E-state index in [9.17, 15) is 0 Å². The van der Waals surface area contributed by atoms with Gasteiger partial charge in [-0.1, -0.05) is 47.7 Å². The van der Waals surface area contributed by atoms with Crippen molar-refractivity contribution in [1.29, 1.82) is 0 Å². The summed E-state index contributed by atoms with van der Waals surface area (Å²) in [4.78, 5) is 0. The first kappa shape index (κ1) is 19.4. The van der Waals surface area contributed by atoms with Crippen molar-refractivity contribution < 1.29 is 14.2 Å². The summed E-state index contributed by atoms with van der Waals surface area (Å²) in [5.74, 6) is 3.84. The highest BCUT2D eigenvalue weighted by atomic mass is 32.2. The maximum absolute atomic E-state index is 6.09. The van der Waals surface area contributed by atoms with Crippen LogP contribution in [0.5, 0.6) is 17.2 Å². The molecule has 1 aromatic heterocycles. The molecular weight excluding hydrogens is 386 g/mol. The second kappa shape index (κ2) is 9.05. The Labute approximate surface area is 174 Å². The van der Waals surface area contributed by atoms with E-state index in [-0.39, 0.29) is 6.10 Å². The minimum atomic E-state index is -0.310. The molecule has 1 aliphatic heterocycles. The van der Waals surface area contributed by atoms with Gasteiger partial charge in [-0.25, -0.2) is 0 Å². The van der Waals surface area contributed by atoms with Crippen LogP contribution in [0, 0.1) is 6.92 Å². The second-order valence-corrected chi connectivity index (χ2v) is 7.68. The van der Waals surface area contributed by atoms with Gasteiger partial charge in [-0.2, -0.15) is 0 Å². The van der Waals surface area contributed by atoms with Gasteiger partial charge in [0.2, 0.25) is 0 Å². The molecule has 0 N–H and O–H groups in total. The Balaban J connectivity index is 1.40. The van der Waals surface area contributed by atoms with Gasteiger partial charge in [0.25, 0.3) is 0 Å². The summed E-state index contributed by atoms with van der Waals surface area (Å²) in [5, 5.41) is 9.55. The predicted octanol–water partition coefficient (Wildman–Crippen LogP) is 4.46. The number of thioether (sulfide) groups is 1. The lowest BCUT2D eigenvalue weighted by atomic mass is 10.2. The molecule has 7 heteroatoms. The molecule has 0 saturated carbocycles. The number of fused-ring (bicyclic) bond motifs is 1. The number of para-hydroxylation sites is 2. The molecule has 2 aromatic carbocycles. The van der Waals surface area contributed by atoms with Gasteiger partial charge in [0.1, 0.15) is 12.4 Å². The quantitative estimate of drug-likeness (QED) is 0.311. The Bertz CT molecular complexity index is 972. The Morgan fingerprint density at radius 3 is 2.76 bits per heavy atom. The van der Waals surface area contributed by atoms with E-state index in [0.29, 0.717) is 19.8 Å². The van der Waals surface area contributed by atoms with E-state index in [1.807, 2.05) is 59.2 Å². The summed E-state index contributed by atoms with van der Waals surface area (Å²) < 4.78 is 19.7. The Morgan fingerprint density at radius 2 is 1.97 bits per heavy atom. The average Bonchev–Trinajstić information content (AvgIpc) is 3.15. The van der Waals surface area contributed by atoms with Crippen molar-refractivity contribution in [3.8, 4) is 17.2 Å². The molecule has 0 saturated heterocycles. The highest BCUT2D eigenvalue weighted by Crippen LogP contribution is 2.36. The van der Waals surface area contributed by atoms with Gasteiger partial charge in [0.15, 0.2) is 28.6 Å². The number of allylic oxidation sites excluding steroid dienone is 1. The highest BCUT2D eigenvalue weighted by Gasteiger charge is 2.28. The summed E-state index contributed by atoms with van der Waals surface area (Å²) >= 11 is 1.60. The lowest BCUT2D eigenvalue weighted by molar-refractivity contribution is 0.0821. The Morgan fingerprint density at radius 1 is 1.17 bits per heavy atom. The SMILES string of the molecule is C=CCn1c(SCCOc2ccc(C)cc2)nnc1C1COc2ccccc2O1. The molecule has 0 bridgehead atoms. The van der Waals surface area contributed by atoms with E-state index >= 15 is 0 Å². The van der Waals surface area contributed by atoms with Gasteiger partial charge < -0.3 is 14.2 Å². The molecule has 0 amide bonds. The molecule has 150 valence electrons. The fraction of sp³-hybridized carbons (Fsp3) is 0.273. The minimum Gasteiger partial charge on any atom is -0.493 e. The molecule has 1 unspecified atom stereocenters. The highest BCUT2D eigenvalue weighted by molar-refractivity contribution is 7.99. The van der Waals surface area contributed by atoms with Crippen molar-refractivity contribution >= 4 is 11.8 Å². The molecular formula is C22H23N3O3S. The molecule has 3 aromatic rings. The minimum absolute atomic E-state index is 0.310. The topological polar surface area (TPSA) is 58.4 Å². The first-order valence-electron chi connectivity index (χ1n) is 9.49. The normalized spacial score (nSPS) is 15.1. The first-order chi connectivity index (χ1) is 14.2. The van der Waals surface area contributed by atoms with Crippen LogP contribution in [0.4, 0.5) is 0 Å². The van der Waals surface area contributed by atoms with Crippen molar-refractivity contribution in [2.24, 2.45) is 0 Å². The van der Waals surface area contributed by atoms with Gasteiger partial charge in [-0.15, -0.1) is 16.8 Å². The fourth-order valence-electron chi connectivity index (χ4n) is 3.02. The van der Waals surface area contributed by atoms with Crippen LogP contribution < -0.4 is 14.2 Å². The molecule has 1 aliphatic rings. The van der Waals surface area contributed by atoms with Crippen molar-refractivity contribution in [2.45, 2.75) is 24.7 Å². The lowest BCUT2D eigenvalue weighted by Crippen LogP contribution is -2.25. The summed E-state index contributed by atoms with van der Waals surface area (Å²) in [5.41, 5.74) is 1.22. The van der Waals surface area contributed by atoms with Crippen LogP contribution in [-0.4, -0.2) is 33.7 Å². The van der Waals surface area contributed by atoms with E-state index in [1.165, 1.54) is 5.56 Å². The van der Waals surface area contributed by atoms with Crippen LogP contribution in [0.2, 0.25) is 0 Å². The number of hydrogen-bond acceptors (Lipinski definition) is 6. The molecule has 2 heterocycles. The predicted molar refractivity (Wildman–Crippen MR) is 113 cm³/mol. The van der Waals surface area contributed by atoms with Gasteiger partial charge in [0, 0.05) is 12.3 Å². The molecule has 0 radical (unpaired) electrons. The lowest BCUT2D eigenvalue weighted by Gasteiger charge is -2.26. The van der Waals surface area contributed by atoms with E-state index < -0.39 is 0 Å². The van der Waals surface area contributed by atoms with Gasteiger partial charge >= 0.3 is 0 Å². The largest absolute Gasteiger partial charge is 0.493 e. The zero-order valence-electron chi connectivity index (χ0n) is 16.3. The monoisotopic (exact) mass is 409 g/mol. The number of ether oxygens (including phenoxy) is 3. The van der Waals surface area contributed by atoms with Gasteiger partial charge in [0.05, 0.1) is 6.61 Å². The zero-order valence-corrected chi connectivity index (χ0v) is 17.1. The summed E-state index contributed by atoms with van der Waals surface area (Å²) in [6.07, 6.45) is 1.52. The summed E-state index contributed by atoms with van der Waals surface area (Å²) in [6.45, 7) is 7.50. The third-order valence-corrected chi connectivity index (χ3v) is 5.39. The second-order valence-electron chi connectivity index (χ2n) is 6.61. The van der Waals surface area contributed by atoms with Crippen LogP contribution in [0.3, 0.4) is 0 Å². The number of benzene rings is 2. The van der Waals surface area contributed by atoms with Crippen LogP contribution in [0.25, 0.3) is 0 Å². The number of nitrogens with zero attached hydrogens (tertiary/aromatic N) is 3. The average molecular weight is 410 g/mol. The fourth-order valence-corrected chi connectivity index (χ4v) is 3.79. The van der Waals surface area contributed by atoms with Crippen molar-refractivity contribution in [3.05, 3.63) is 72.6 Å². The molecule has 4 rings (SSSR count). The molecule has 0 spiro atoms. The summed E-state index contributed by atoms with van der Waals surface area (Å²) in [6, 6.07) is 15.7. The Hall–Kier alpha value is -2.93. The van der Waals surface area contributed by atoms with Crippen molar-refractivity contribution in [2.75, 3.05) is 19.0 Å². The zero-order chi connectivity index (χ0) is 20.1. The van der Waals surface area contributed by atoms with E-state index in [4.69, 9.17) is 14.2 Å². The van der Waals surface area contributed by atoms with Crippen LogP contribution in [0.15, 0.2) is 66.3 Å². The number of aromatic nitrogens is 3. The molecule has 29 heavy (non-hydrogen) atoms. The third-order valence-electron chi connectivity index (χ3n) is 4.46. The smallest absolute Gasteiger partial charge is 0.192 e. The molecule has 6 nitrogen and oxygen atoms in total. The molecule has 0 aliphatic carbocycles. The van der Waals surface area contributed by atoms with E-state index in [0.717, 1.165) is 34.0 Å². The third kappa shape index (κ3) is 4.56. The first-order valence-corrected chi connectivity index (χ1v) is 10.5. The number of aryl methyl sites for hydroxylation is 1. The number of rotatable bonds is 8. The number of hydrogen-bond donors (Lipinski definition) is 0. The van der Waals surface area contributed by atoms with Crippen LogP contribution >= 0.6 is 11.8 Å².